The minimum Gasteiger partial charge on any atom is -0.371 e. The summed E-state index contributed by atoms with van der Waals surface area (Å²) in [4.78, 5) is 2.13. The molecule has 4 rings (SSSR count). The summed E-state index contributed by atoms with van der Waals surface area (Å²) in [6, 6.07) is 19.1. The minimum absolute atomic E-state index is 0.517. The molecule has 0 radical (unpaired) electrons. The van der Waals surface area contributed by atoms with Crippen LogP contribution < -0.4 is 10.2 Å². The van der Waals surface area contributed by atoms with Gasteiger partial charge in [0.15, 0.2) is 11.6 Å². The first-order chi connectivity index (χ1) is 12.7. The molecule has 1 N–H and O–H groups in total. The molecule has 0 spiro atoms. The van der Waals surface area contributed by atoms with Gasteiger partial charge in [-0.2, -0.15) is 0 Å². The molecule has 1 atom stereocenters. The Bertz CT molecular complexity index is 910. The highest BCUT2D eigenvalue weighted by molar-refractivity contribution is 5.82. The van der Waals surface area contributed by atoms with Gasteiger partial charge in [-0.1, -0.05) is 36.4 Å². The van der Waals surface area contributed by atoms with E-state index in [0.29, 0.717) is 5.92 Å². The monoisotopic (exact) mass is 352 g/mol. The Balaban J connectivity index is 1.30. The fraction of sp³-hybridized carbons (Fsp3) is 0.273. The van der Waals surface area contributed by atoms with Crippen LogP contribution in [0.15, 0.2) is 60.7 Å². The Morgan fingerprint density at radius 1 is 0.923 bits per heavy atom. The third-order valence-electron chi connectivity index (χ3n) is 5.13. The highest BCUT2D eigenvalue weighted by Gasteiger charge is 2.23. The van der Waals surface area contributed by atoms with E-state index in [9.17, 15) is 8.78 Å². The number of hydrogen-bond donors (Lipinski definition) is 1. The number of hydrogen-bond acceptors (Lipinski definition) is 2. The second-order valence-electron chi connectivity index (χ2n) is 7.01. The summed E-state index contributed by atoms with van der Waals surface area (Å²) >= 11 is 0. The molecule has 4 heteroatoms. The number of rotatable bonds is 5. The summed E-state index contributed by atoms with van der Waals surface area (Å²) in [5.41, 5.74) is 2.04. The summed E-state index contributed by atoms with van der Waals surface area (Å²) in [5, 5.41) is 6.06. The Morgan fingerprint density at radius 3 is 2.62 bits per heavy atom. The van der Waals surface area contributed by atoms with Crippen LogP contribution in [-0.4, -0.2) is 19.6 Å². The third-order valence-corrected chi connectivity index (χ3v) is 5.13. The molecule has 1 saturated heterocycles. The van der Waals surface area contributed by atoms with Crippen LogP contribution >= 0.6 is 0 Å². The predicted molar refractivity (Wildman–Crippen MR) is 102 cm³/mol. The van der Waals surface area contributed by atoms with E-state index in [0.717, 1.165) is 38.3 Å². The van der Waals surface area contributed by atoms with Crippen molar-refractivity contribution in [2.75, 3.05) is 24.5 Å². The lowest BCUT2D eigenvalue weighted by atomic mass is 10.1. The molecule has 3 aromatic rings. The molecular formula is C22H22F2N2. The van der Waals surface area contributed by atoms with Crippen molar-refractivity contribution in [2.24, 2.45) is 5.92 Å². The van der Waals surface area contributed by atoms with Gasteiger partial charge in [0.2, 0.25) is 0 Å². The quantitative estimate of drug-likeness (QED) is 0.714. The molecule has 0 bridgehead atoms. The van der Waals surface area contributed by atoms with Crippen molar-refractivity contribution >= 4 is 16.5 Å². The van der Waals surface area contributed by atoms with Gasteiger partial charge in [-0.05, 0) is 46.9 Å². The van der Waals surface area contributed by atoms with Crippen LogP contribution in [0.5, 0.6) is 0 Å². The fourth-order valence-electron chi connectivity index (χ4n) is 3.68. The van der Waals surface area contributed by atoms with Gasteiger partial charge in [-0.15, -0.1) is 0 Å². The molecule has 2 nitrogen and oxygen atoms in total. The second kappa shape index (κ2) is 7.42. The van der Waals surface area contributed by atoms with Crippen molar-refractivity contribution in [1.82, 2.24) is 5.32 Å². The maximum absolute atomic E-state index is 13.4. The van der Waals surface area contributed by atoms with Gasteiger partial charge in [-0.3, -0.25) is 0 Å². The van der Waals surface area contributed by atoms with Crippen molar-refractivity contribution in [3.63, 3.8) is 0 Å². The van der Waals surface area contributed by atoms with Gasteiger partial charge >= 0.3 is 0 Å². The molecule has 0 saturated carbocycles. The SMILES string of the molecule is Fc1ccc(N2CC[C@H](CNCc3ccc4ccccc4c3)C2)cc1F. The predicted octanol–water partition coefficient (Wildman–Crippen LogP) is 4.73. The number of benzene rings is 3. The smallest absolute Gasteiger partial charge is 0.160 e. The van der Waals surface area contributed by atoms with E-state index < -0.39 is 11.6 Å². The van der Waals surface area contributed by atoms with Crippen molar-refractivity contribution < 1.29 is 8.78 Å². The Labute approximate surface area is 152 Å². The minimum atomic E-state index is -0.790. The lowest BCUT2D eigenvalue weighted by molar-refractivity contribution is 0.507. The van der Waals surface area contributed by atoms with Crippen LogP contribution in [0.1, 0.15) is 12.0 Å². The van der Waals surface area contributed by atoms with E-state index in [2.05, 4.69) is 52.7 Å². The second-order valence-corrected chi connectivity index (χ2v) is 7.01. The van der Waals surface area contributed by atoms with E-state index in [1.807, 2.05) is 0 Å². The lowest BCUT2D eigenvalue weighted by Crippen LogP contribution is -2.26. The maximum atomic E-state index is 13.4. The number of anilines is 1. The average Bonchev–Trinajstić information content (AvgIpc) is 3.13. The van der Waals surface area contributed by atoms with Crippen LogP contribution in [0.4, 0.5) is 14.5 Å². The Kier molecular flexibility index (Phi) is 4.85. The molecule has 0 amide bonds. The van der Waals surface area contributed by atoms with Crippen molar-refractivity contribution in [2.45, 2.75) is 13.0 Å². The molecule has 1 aliphatic heterocycles. The van der Waals surface area contributed by atoms with Gasteiger partial charge in [0.1, 0.15) is 0 Å². The van der Waals surface area contributed by atoms with Crippen molar-refractivity contribution in [3.8, 4) is 0 Å². The first kappa shape index (κ1) is 17.0. The summed E-state index contributed by atoms with van der Waals surface area (Å²) < 4.78 is 26.5. The molecule has 1 heterocycles. The summed E-state index contributed by atoms with van der Waals surface area (Å²) in [7, 11) is 0. The van der Waals surface area contributed by atoms with E-state index in [4.69, 9.17) is 0 Å². The fourth-order valence-corrected chi connectivity index (χ4v) is 3.68. The van der Waals surface area contributed by atoms with Gasteiger partial charge in [0.05, 0.1) is 0 Å². The third kappa shape index (κ3) is 3.70. The zero-order valence-corrected chi connectivity index (χ0v) is 14.6. The summed E-state index contributed by atoms with van der Waals surface area (Å²) in [6.45, 7) is 3.52. The molecule has 0 aromatic heterocycles. The van der Waals surface area contributed by atoms with Crippen LogP contribution in [0.25, 0.3) is 10.8 Å². The average molecular weight is 352 g/mol. The molecule has 1 aliphatic rings. The highest BCUT2D eigenvalue weighted by atomic mass is 19.2. The Morgan fingerprint density at radius 2 is 1.77 bits per heavy atom. The molecule has 1 fully saturated rings. The molecule has 26 heavy (non-hydrogen) atoms. The van der Waals surface area contributed by atoms with Gasteiger partial charge in [0, 0.05) is 37.9 Å². The van der Waals surface area contributed by atoms with Gasteiger partial charge < -0.3 is 10.2 Å². The number of fused-ring (bicyclic) bond motifs is 1. The van der Waals surface area contributed by atoms with E-state index in [1.165, 1.54) is 28.5 Å². The van der Waals surface area contributed by atoms with Crippen LogP contribution in [0.2, 0.25) is 0 Å². The topological polar surface area (TPSA) is 15.3 Å². The molecule has 0 unspecified atom stereocenters. The molecule has 0 aliphatic carbocycles. The van der Waals surface area contributed by atoms with Crippen LogP contribution in [-0.2, 0) is 6.54 Å². The summed E-state index contributed by atoms with van der Waals surface area (Å²) in [5.74, 6) is -1.05. The van der Waals surface area contributed by atoms with Crippen LogP contribution in [0.3, 0.4) is 0 Å². The normalized spacial score (nSPS) is 17.2. The van der Waals surface area contributed by atoms with E-state index in [-0.39, 0.29) is 0 Å². The zero-order chi connectivity index (χ0) is 17.9. The largest absolute Gasteiger partial charge is 0.371 e. The first-order valence-corrected chi connectivity index (χ1v) is 9.07. The zero-order valence-electron chi connectivity index (χ0n) is 14.6. The lowest BCUT2D eigenvalue weighted by Gasteiger charge is -2.19. The molecule has 3 aromatic carbocycles. The maximum Gasteiger partial charge on any atom is 0.160 e. The number of halogens is 2. The Hall–Kier alpha value is -2.46. The van der Waals surface area contributed by atoms with E-state index >= 15 is 0 Å². The summed E-state index contributed by atoms with van der Waals surface area (Å²) in [6.07, 6.45) is 1.06. The standard InChI is InChI=1S/C22H22F2N2/c23-21-8-7-20(12-22(21)24)26-10-9-17(15-26)14-25-13-16-5-6-18-3-1-2-4-19(18)11-16/h1-8,11-12,17,25H,9-10,13-15H2/t17-/m1/s1. The van der Waals surface area contributed by atoms with Crippen LogP contribution in [0, 0.1) is 17.6 Å². The number of nitrogens with one attached hydrogen (secondary N) is 1. The van der Waals surface area contributed by atoms with Gasteiger partial charge in [0.25, 0.3) is 0 Å². The highest BCUT2D eigenvalue weighted by Crippen LogP contribution is 2.25. The van der Waals surface area contributed by atoms with E-state index in [1.54, 1.807) is 6.07 Å². The molecular weight excluding hydrogens is 330 g/mol. The molecule has 134 valence electrons. The first-order valence-electron chi connectivity index (χ1n) is 9.07. The van der Waals surface area contributed by atoms with Crippen molar-refractivity contribution in [1.29, 1.82) is 0 Å². The van der Waals surface area contributed by atoms with Crippen molar-refractivity contribution in [3.05, 3.63) is 77.9 Å². The number of nitrogens with zero attached hydrogens (tertiary/aromatic N) is 1. The van der Waals surface area contributed by atoms with Gasteiger partial charge in [-0.25, -0.2) is 8.78 Å².